The number of hydrogen-bond acceptors (Lipinski definition) is 3. The van der Waals surface area contributed by atoms with Crippen molar-refractivity contribution in [3.63, 3.8) is 0 Å². The summed E-state index contributed by atoms with van der Waals surface area (Å²) in [4.78, 5) is 0. The number of nitrogens with one attached hydrogen (secondary N) is 2. The highest BCUT2D eigenvalue weighted by Crippen LogP contribution is 2.31. The van der Waals surface area contributed by atoms with Crippen LogP contribution in [0.2, 0.25) is 10.0 Å². The second-order valence-electron chi connectivity index (χ2n) is 3.40. The molecule has 2 unspecified atom stereocenters. The summed E-state index contributed by atoms with van der Waals surface area (Å²) < 4.78 is 0. The molecule has 0 bridgehead atoms. The van der Waals surface area contributed by atoms with Crippen molar-refractivity contribution in [1.82, 2.24) is 10.9 Å². The Labute approximate surface area is 98.0 Å². The maximum atomic E-state index is 8.94. The van der Waals surface area contributed by atoms with Crippen molar-refractivity contribution in [3.05, 3.63) is 33.8 Å². The Kier molecular flexibility index (Phi) is 3.13. The van der Waals surface area contributed by atoms with Crippen molar-refractivity contribution in [3.8, 4) is 6.07 Å². The molecule has 15 heavy (non-hydrogen) atoms. The minimum atomic E-state index is -0.108. The van der Waals surface area contributed by atoms with Crippen LogP contribution in [0.4, 0.5) is 0 Å². The van der Waals surface area contributed by atoms with E-state index in [9.17, 15) is 0 Å². The number of hydrogen-bond donors (Lipinski definition) is 2. The van der Waals surface area contributed by atoms with Crippen molar-refractivity contribution in [1.29, 1.82) is 5.26 Å². The zero-order valence-corrected chi connectivity index (χ0v) is 9.31. The zero-order chi connectivity index (χ0) is 10.8. The lowest BCUT2D eigenvalue weighted by molar-refractivity contribution is 0.545. The van der Waals surface area contributed by atoms with Crippen LogP contribution in [0.25, 0.3) is 0 Å². The number of rotatable bonds is 1. The Balaban J connectivity index is 2.33. The third-order valence-corrected chi connectivity index (χ3v) is 3.01. The second-order valence-corrected chi connectivity index (χ2v) is 4.25. The molecule has 2 atom stereocenters. The third-order valence-electron chi connectivity index (χ3n) is 2.45. The zero-order valence-electron chi connectivity index (χ0n) is 7.80. The van der Waals surface area contributed by atoms with Gasteiger partial charge in [0.15, 0.2) is 0 Å². The van der Waals surface area contributed by atoms with Crippen LogP contribution in [0.5, 0.6) is 0 Å². The standard InChI is InChI=1S/C10H9Cl2N3/c11-7-1-2-8(9(12)3-7)10-6(4-13)5-14-15-10/h1-3,6,10,14-15H,5H2. The van der Waals surface area contributed by atoms with E-state index < -0.39 is 0 Å². The van der Waals surface area contributed by atoms with Gasteiger partial charge in [0.25, 0.3) is 0 Å². The van der Waals surface area contributed by atoms with Crippen LogP contribution in [0.1, 0.15) is 11.6 Å². The Morgan fingerprint density at radius 3 is 2.87 bits per heavy atom. The molecule has 3 nitrogen and oxygen atoms in total. The Morgan fingerprint density at radius 1 is 1.40 bits per heavy atom. The van der Waals surface area contributed by atoms with E-state index in [1.807, 2.05) is 6.07 Å². The first-order valence-electron chi connectivity index (χ1n) is 4.55. The van der Waals surface area contributed by atoms with Crippen LogP contribution in [0.15, 0.2) is 18.2 Å². The van der Waals surface area contributed by atoms with E-state index in [2.05, 4.69) is 16.9 Å². The van der Waals surface area contributed by atoms with E-state index in [1.165, 1.54) is 0 Å². The van der Waals surface area contributed by atoms with E-state index in [1.54, 1.807) is 12.1 Å². The lowest BCUT2D eigenvalue weighted by atomic mass is 9.96. The quantitative estimate of drug-likeness (QED) is 0.794. The third kappa shape index (κ3) is 2.09. The number of hydrazine groups is 1. The molecule has 1 fully saturated rings. The van der Waals surface area contributed by atoms with Crippen molar-refractivity contribution >= 4 is 23.2 Å². The molecule has 0 amide bonds. The number of nitriles is 1. The molecule has 78 valence electrons. The first-order valence-corrected chi connectivity index (χ1v) is 5.31. The topological polar surface area (TPSA) is 47.9 Å². The van der Waals surface area contributed by atoms with Crippen LogP contribution in [-0.4, -0.2) is 6.54 Å². The summed E-state index contributed by atoms with van der Waals surface area (Å²) in [5, 5.41) is 10.1. The molecule has 1 aliphatic heterocycles. The van der Waals surface area contributed by atoms with Crippen molar-refractivity contribution < 1.29 is 0 Å². The minimum Gasteiger partial charge on any atom is -0.256 e. The van der Waals surface area contributed by atoms with E-state index >= 15 is 0 Å². The molecule has 2 N–H and O–H groups in total. The maximum Gasteiger partial charge on any atom is 0.0810 e. The van der Waals surface area contributed by atoms with Gasteiger partial charge in [-0.3, -0.25) is 5.43 Å². The molecule has 1 saturated heterocycles. The van der Waals surface area contributed by atoms with Crippen molar-refractivity contribution in [2.24, 2.45) is 5.92 Å². The fourth-order valence-electron chi connectivity index (χ4n) is 1.67. The van der Waals surface area contributed by atoms with Gasteiger partial charge in [-0.2, -0.15) is 5.26 Å². The molecule has 1 heterocycles. The Bertz CT molecular complexity index is 414. The molecule has 0 spiro atoms. The van der Waals surface area contributed by atoms with Crippen molar-refractivity contribution in [2.75, 3.05) is 6.54 Å². The number of halogens is 2. The van der Waals surface area contributed by atoms with Gasteiger partial charge in [0.05, 0.1) is 18.0 Å². The van der Waals surface area contributed by atoms with Gasteiger partial charge in [-0.05, 0) is 17.7 Å². The summed E-state index contributed by atoms with van der Waals surface area (Å²) in [5.41, 5.74) is 6.88. The molecule has 0 aromatic heterocycles. The van der Waals surface area contributed by atoms with Gasteiger partial charge in [-0.1, -0.05) is 29.3 Å². The average molecular weight is 242 g/mol. The predicted octanol–water partition coefficient (Wildman–Crippen LogP) is 2.28. The SMILES string of the molecule is N#CC1CNNC1c1ccc(Cl)cc1Cl. The summed E-state index contributed by atoms with van der Waals surface area (Å²) in [6.07, 6.45) is 0. The highest BCUT2D eigenvalue weighted by molar-refractivity contribution is 6.35. The smallest absolute Gasteiger partial charge is 0.0810 e. The van der Waals surface area contributed by atoms with Crippen LogP contribution in [0.3, 0.4) is 0 Å². The van der Waals surface area contributed by atoms with E-state index in [-0.39, 0.29) is 12.0 Å². The largest absolute Gasteiger partial charge is 0.256 e. The summed E-state index contributed by atoms with van der Waals surface area (Å²) in [6, 6.07) is 7.48. The first kappa shape index (κ1) is 10.7. The lowest BCUT2D eigenvalue weighted by Gasteiger charge is -2.14. The van der Waals surface area contributed by atoms with Gasteiger partial charge in [0, 0.05) is 16.6 Å². The highest BCUT2D eigenvalue weighted by Gasteiger charge is 2.29. The monoisotopic (exact) mass is 241 g/mol. The van der Waals surface area contributed by atoms with E-state index in [4.69, 9.17) is 28.5 Å². The van der Waals surface area contributed by atoms with Gasteiger partial charge in [-0.25, -0.2) is 5.43 Å². The summed E-state index contributed by atoms with van der Waals surface area (Å²) in [7, 11) is 0. The minimum absolute atomic E-state index is 0.0697. The molecule has 1 aliphatic rings. The average Bonchev–Trinajstić information content (AvgIpc) is 2.65. The molecule has 1 aromatic rings. The molecule has 2 rings (SSSR count). The predicted molar refractivity (Wildman–Crippen MR) is 59.4 cm³/mol. The van der Waals surface area contributed by atoms with Crippen LogP contribution in [0, 0.1) is 17.2 Å². The fourth-order valence-corrected chi connectivity index (χ4v) is 2.19. The van der Waals surface area contributed by atoms with E-state index in [0.717, 1.165) is 5.56 Å². The van der Waals surface area contributed by atoms with Gasteiger partial charge < -0.3 is 0 Å². The summed E-state index contributed by atoms with van der Waals surface area (Å²) in [6.45, 7) is 0.625. The van der Waals surface area contributed by atoms with Gasteiger partial charge in [-0.15, -0.1) is 0 Å². The summed E-state index contributed by atoms with van der Waals surface area (Å²) in [5.74, 6) is -0.108. The van der Waals surface area contributed by atoms with Gasteiger partial charge >= 0.3 is 0 Å². The second kappa shape index (κ2) is 4.38. The Morgan fingerprint density at radius 2 is 2.20 bits per heavy atom. The van der Waals surface area contributed by atoms with Crippen LogP contribution >= 0.6 is 23.2 Å². The highest BCUT2D eigenvalue weighted by atomic mass is 35.5. The molecule has 0 aliphatic carbocycles. The van der Waals surface area contributed by atoms with Gasteiger partial charge in [0.2, 0.25) is 0 Å². The van der Waals surface area contributed by atoms with Crippen LogP contribution < -0.4 is 10.9 Å². The van der Waals surface area contributed by atoms with Gasteiger partial charge in [0.1, 0.15) is 0 Å². The molecule has 0 radical (unpaired) electrons. The molecule has 5 heteroatoms. The number of nitrogens with zero attached hydrogens (tertiary/aromatic N) is 1. The molecular formula is C10H9Cl2N3. The molecule has 0 saturated carbocycles. The van der Waals surface area contributed by atoms with E-state index in [0.29, 0.717) is 16.6 Å². The number of benzene rings is 1. The fraction of sp³-hybridized carbons (Fsp3) is 0.300. The lowest BCUT2D eigenvalue weighted by Crippen LogP contribution is -2.25. The van der Waals surface area contributed by atoms with Crippen molar-refractivity contribution in [2.45, 2.75) is 6.04 Å². The molecular weight excluding hydrogens is 233 g/mol. The first-order chi connectivity index (χ1) is 7.22. The van der Waals surface area contributed by atoms with Crippen LogP contribution in [-0.2, 0) is 0 Å². The normalized spacial score (nSPS) is 25.1. The Hall–Kier alpha value is -0.790. The maximum absolute atomic E-state index is 8.94. The summed E-state index contributed by atoms with van der Waals surface area (Å²) >= 11 is 11.9. The molecule has 1 aromatic carbocycles.